The van der Waals surface area contributed by atoms with Crippen molar-refractivity contribution in [3.05, 3.63) is 64.4 Å². The van der Waals surface area contributed by atoms with Gasteiger partial charge in [0.1, 0.15) is 5.82 Å². The lowest BCUT2D eigenvalue weighted by atomic mass is 10.0. The van der Waals surface area contributed by atoms with E-state index in [-0.39, 0.29) is 5.91 Å². The van der Waals surface area contributed by atoms with E-state index >= 15 is 0 Å². The molecule has 0 spiro atoms. The average molecular weight is 555 g/mol. The molecule has 0 aliphatic carbocycles. The summed E-state index contributed by atoms with van der Waals surface area (Å²) in [7, 11) is 0. The number of hydrogen-bond donors (Lipinski definition) is 1. The SMILES string of the molecule is CCCCCCCCCCCCCCCCn1c(CNC(=O)c2cccc(Br)c2)nc2ccccc21. The van der Waals surface area contributed by atoms with Crippen LogP contribution in [0.3, 0.4) is 0 Å². The molecule has 0 bridgehead atoms. The van der Waals surface area contributed by atoms with Crippen molar-refractivity contribution in [2.45, 2.75) is 110 Å². The van der Waals surface area contributed by atoms with Gasteiger partial charge >= 0.3 is 0 Å². The molecule has 0 saturated carbocycles. The van der Waals surface area contributed by atoms with Crippen molar-refractivity contribution >= 4 is 32.9 Å². The van der Waals surface area contributed by atoms with Gasteiger partial charge in [-0.15, -0.1) is 0 Å². The van der Waals surface area contributed by atoms with Gasteiger partial charge in [0.2, 0.25) is 0 Å². The summed E-state index contributed by atoms with van der Waals surface area (Å²) in [5.74, 6) is 0.848. The van der Waals surface area contributed by atoms with Crippen LogP contribution >= 0.6 is 15.9 Å². The normalized spacial score (nSPS) is 11.3. The van der Waals surface area contributed by atoms with Crippen LogP contribution in [-0.4, -0.2) is 15.5 Å². The molecule has 1 aromatic heterocycles. The van der Waals surface area contributed by atoms with Gasteiger partial charge in [0, 0.05) is 16.6 Å². The number of nitrogens with zero attached hydrogens (tertiary/aromatic N) is 2. The summed E-state index contributed by atoms with van der Waals surface area (Å²) < 4.78 is 3.19. The van der Waals surface area contributed by atoms with E-state index in [1.165, 1.54) is 83.5 Å². The second-order valence-corrected chi connectivity index (χ2v) is 10.9. The highest BCUT2D eigenvalue weighted by molar-refractivity contribution is 9.10. The van der Waals surface area contributed by atoms with Gasteiger partial charge in [-0.2, -0.15) is 0 Å². The van der Waals surface area contributed by atoms with E-state index in [1.54, 1.807) is 0 Å². The van der Waals surface area contributed by atoms with Crippen LogP contribution in [-0.2, 0) is 13.1 Å². The molecule has 0 aliphatic heterocycles. The molecule has 0 saturated heterocycles. The Morgan fingerprint density at radius 1 is 0.806 bits per heavy atom. The maximum atomic E-state index is 12.6. The number of halogens is 1. The molecule has 196 valence electrons. The first-order valence-electron chi connectivity index (χ1n) is 14.2. The second kappa shape index (κ2) is 16.6. The molecule has 2 aromatic carbocycles. The predicted octanol–water partition coefficient (Wildman–Crippen LogP) is 9.21. The summed E-state index contributed by atoms with van der Waals surface area (Å²) in [6.07, 6.45) is 19.1. The van der Waals surface area contributed by atoms with Crippen LogP contribution in [0, 0.1) is 0 Å². The van der Waals surface area contributed by atoms with Crippen LogP contribution in [0.15, 0.2) is 53.0 Å². The lowest BCUT2D eigenvalue weighted by molar-refractivity contribution is 0.0949. The number of aromatic nitrogens is 2. The van der Waals surface area contributed by atoms with E-state index in [0.29, 0.717) is 12.1 Å². The van der Waals surface area contributed by atoms with E-state index in [9.17, 15) is 4.79 Å². The highest BCUT2D eigenvalue weighted by Crippen LogP contribution is 2.19. The van der Waals surface area contributed by atoms with Gasteiger partial charge in [-0.25, -0.2) is 4.98 Å². The molecule has 0 aliphatic rings. The topological polar surface area (TPSA) is 46.9 Å². The number of aryl methyl sites for hydroxylation is 1. The van der Waals surface area contributed by atoms with Crippen LogP contribution in [0.25, 0.3) is 11.0 Å². The fourth-order valence-electron chi connectivity index (χ4n) is 4.87. The third-order valence-corrected chi connectivity index (χ3v) is 7.46. The van der Waals surface area contributed by atoms with Crippen LogP contribution in [0.1, 0.15) is 113 Å². The molecule has 0 radical (unpaired) electrons. The Hall–Kier alpha value is -2.14. The van der Waals surface area contributed by atoms with Gasteiger partial charge < -0.3 is 9.88 Å². The fraction of sp³-hybridized carbons (Fsp3) is 0.548. The first-order valence-corrected chi connectivity index (χ1v) is 15.0. The average Bonchev–Trinajstić information content (AvgIpc) is 3.24. The quantitative estimate of drug-likeness (QED) is 0.159. The number of fused-ring (bicyclic) bond motifs is 1. The maximum absolute atomic E-state index is 12.6. The third kappa shape index (κ3) is 9.72. The summed E-state index contributed by atoms with van der Waals surface area (Å²) in [4.78, 5) is 17.4. The number of unbranched alkanes of at least 4 members (excludes halogenated alkanes) is 13. The minimum absolute atomic E-state index is 0.0774. The number of hydrogen-bond acceptors (Lipinski definition) is 2. The van der Waals surface area contributed by atoms with Gasteiger partial charge in [0.05, 0.1) is 17.6 Å². The zero-order valence-electron chi connectivity index (χ0n) is 22.1. The van der Waals surface area contributed by atoms with Crippen molar-refractivity contribution in [2.24, 2.45) is 0 Å². The molecule has 3 rings (SSSR count). The summed E-state index contributed by atoms with van der Waals surface area (Å²) in [6.45, 7) is 3.66. The number of carbonyl (C=O) groups excluding carboxylic acids is 1. The fourth-order valence-corrected chi connectivity index (χ4v) is 5.26. The molecule has 1 amide bonds. The Labute approximate surface area is 226 Å². The summed E-state index contributed by atoms with van der Waals surface area (Å²) in [5, 5.41) is 3.05. The van der Waals surface area contributed by atoms with Gasteiger partial charge in [0.25, 0.3) is 5.91 Å². The number of para-hydroxylation sites is 2. The summed E-state index contributed by atoms with van der Waals surface area (Å²) >= 11 is 3.44. The zero-order chi connectivity index (χ0) is 25.4. The predicted molar refractivity (Wildman–Crippen MR) is 155 cm³/mol. The maximum Gasteiger partial charge on any atom is 0.251 e. The third-order valence-electron chi connectivity index (χ3n) is 6.96. The molecule has 3 aromatic rings. The molecule has 36 heavy (non-hydrogen) atoms. The molecule has 0 unspecified atom stereocenters. The van der Waals surface area contributed by atoms with Crippen LogP contribution in [0.4, 0.5) is 0 Å². The minimum Gasteiger partial charge on any atom is -0.345 e. The first kappa shape index (κ1) is 28.4. The molecule has 1 heterocycles. The lowest BCUT2D eigenvalue weighted by Crippen LogP contribution is -2.24. The summed E-state index contributed by atoms with van der Waals surface area (Å²) in [5.41, 5.74) is 2.80. The number of carbonyl (C=O) groups is 1. The highest BCUT2D eigenvalue weighted by Gasteiger charge is 2.12. The number of amides is 1. The van der Waals surface area contributed by atoms with Crippen molar-refractivity contribution in [1.82, 2.24) is 14.9 Å². The Balaban J connectivity index is 1.36. The standard InChI is InChI=1S/C31H44BrN3O/c1-2-3-4-5-6-7-8-9-10-11-12-13-14-17-23-35-29-22-16-15-21-28(29)34-30(35)25-33-31(36)26-19-18-20-27(32)24-26/h15-16,18-22,24H,2-14,17,23,25H2,1H3,(H,33,36). The molecular formula is C31H44BrN3O. The second-order valence-electron chi connectivity index (χ2n) is 9.96. The Bertz CT molecular complexity index is 1050. The van der Waals surface area contributed by atoms with E-state index in [1.807, 2.05) is 30.3 Å². The van der Waals surface area contributed by atoms with Crippen molar-refractivity contribution in [3.63, 3.8) is 0 Å². The lowest BCUT2D eigenvalue weighted by Gasteiger charge is -2.11. The van der Waals surface area contributed by atoms with Crippen LogP contribution in [0.5, 0.6) is 0 Å². The number of imidazole rings is 1. The van der Waals surface area contributed by atoms with Crippen LogP contribution < -0.4 is 5.32 Å². The first-order chi connectivity index (χ1) is 17.7. The molecule has 4 nitrogen and oxygen atoms in total. The minimum atomic E-state index is -0.0774. The van der Waals surface area contributed by atoms with Gasteiger partial charge in [-0.3, -0.25) is 4.79 Å². The monoisotopic (exact) mass is 553 g/mol. The van der Waals surface area contributed by atoms with Crippen molar-refractivity contribution in [1.29, 1.82) is 0 Å². The van der Waals surface area contributed by atoms with Gasteiger partial charge in [0.15, 0.2) is 0 Å². The van der Waals surface area contributed by atoms with Gasteiger partial charge in [-0.1, -0.05) is 125 Å². The smallest absolute Gasteiger partial charge is 0.251 e. The Kier molecular flexibility index (Phi) is 13.1. The zero-order valence-corrected chi connectivity index (χ0v) is 23.7. The van der Waals surface area contributed by atoms with Crippen LogP contribution in [0.2, 0.25) is 0 Å². The Morgan fingerprint density at radius 3 is 2.06 bits per heavy atom. The Morgan fingerprint density at radius 2 is 1.42 bits per heavy atom. The molecule has 5 heteroatoms. The number of benzene rings is 2. The number of nitrogens with one attached hydrogen (secondary N) is 1. The molecule has 0 atom stereocenters. The molecule has 1 N–H and O–H groups in total. The van der Waals surface area contributed by atoms with E-state index < -0.39 is 0 Å². The van der Waals surface area contributed by atoms with Crippen molar-refractivity contribution < 1.29 is 4.79 Å². The van der Waals surface area contributed by atoms with E-state index in [0.717, 1.165) is 34.3 Å². The highest BCUT2D eigenvalue weighted by atomic mass is 79.9. The molecule has 0 fully saturated rings. The van der Waals surface area contributed by atoms with E-state index in [2.05, 4.69) is 50.9 Å². The van der Waals surface area contributed by atoms with Gasteiger partial charge in [-0.05, 0) is 36.8 Å². The summed E-state index contributed by atoms with van der Waals surface area (Å²) in [6, 6.07) is 15.7. The number of rotatable bonds is 18. The van der Waals surface area contributed by atoms with E-state index in [4.69, 9.17) is 4.98 Å². The largest absolute Gasteiger partial charge is 0.345 e. The molecular weight excluding hydrogens is 510 g/mol. The van der Waals surface area contributed by atoms with Crippen molar-refractivity contribution in [2.75, 3.05) is 0 Å². The van der Waals surface area contributed by atoms with Crippen molar-refractivity contribution in [3.8, 4) is 0 Å².